The van der Waals surface area contributed by atoms with Crippen molar-refractivity contribution < 1.29 is 19.8 Å². The lowest BCUT2D eigenvalue weighted by Gasteiger charge is -2.26. The van der Waals surface area contributed by atoms with Gasteiger partial charge in [0.1, 0.15) is 5.75 Å². The lowest BCUT2D eigenvalue weighted by Crippen LogP contribution is -2.35. The van der Waals surface area contributed by atoms with Gasteiger partial charge < -0.3 is 25.7 Å². The molecule has 0 saturated heterocycles. The van der Waals surface area contributed by atoms with Crippen molar-refractivity contribution in [3.63, 3.8) is 0 Å². The fraction of sp³-hybridized carbons (Fsp3) is 0.304. The Bertz CT molecular complexity index is 1010. The summed E-state index contributed by atoms with van der Waals surface area (Å²) in [5, 5.41) is 25.6. The van der Waals surface area contributed by atoms with E-state index in [9.17, 15) is 19.8 Å². The molecule has 2 amide bonds. The second-order valence-electron chi connectivity index (χ2n) is 7.92. The first-order valence-electron chi connectivity index (χ1n) is 9.80. The first kappa shape index (κ1) is 21.4. The summed E-state index contributed by atoms with van der Waals surface area (Å²) >= 11 is 0. The number of aliphatic hydroxyl groups excluding tert-OH is 1. The highest BCUT2D eigenvalue weighted by molar-refractivity contribution is 6.21. The topological polar surface area (TPSA) is 102 Å². The molecule has 3 rings (SSSR count). The fourth-order valence-electron chi connectivity index (χ4n) is 3.28. The number of hydrogen-bond acceptors (Lipinski definition) is 5. The largest absolute Gasteiger partial charge is 0.506 e. The third-order valence-electron chi connectivity index (χ3n) is 4.93. The van der Waals surface area contributed by atoms with Gasteiger partial charge >= 0.3 is 0 Å². The van der Waals surface area contributed by atoms with Crippen molar-refractivity contribution in [2.24, 2.45) is 5.92 Å². The molecule has 0 saturated carbocycles. The molecule has 1 aliphatic heterocycles. The van der Waals surface area contributed by atoms with Crippen LogP contribution in [-0.4, -0.2) is 34.0 Å². The molecule has 7 nitrogen and oxygen atoms in total. The van der Waals surface area contributed by atoms with Crippen molar-refractivity contribution in [1.29, 1.82) is 0 Å². The molecular formula is C23H27N3O4. The van der Waals surface area contributed by atoms with Gasteiger partial charge in [0.05, 0.1) is 11.3 Å². The number of carbonyl (C=O) groups excluding carboxylic acids is 2. The van der Waals surface area contributed by atoms with E-state index >= 15 is 0 Å². The second-order valence-corrected chi connectivity index (χ2v) is 7.92. The molecule has 1 aliphatic rings. The maximum atomic E-state index is 12.5. The van der Waals surface area contributed by atoms with Crippen molar-refractivity contribution in [2.75, 3.05) is 12.4 Å². The first-order chi connectivity index (χ1) is 14.2. The minimum atomic E-state index is -1.03. The van der Waals surface area contributed by atoms with E-state index in [1.807, 2.05) is 43.1 Å². The highest BCUT2D eigenvalue weighted by atomic mass is 16.3. The maximum Gasteiger partial charge on any atom is 0.255 e. The number of aryl methyl sites for hydroxylation is 1. The van der Waals surface area contributed by atoms with Gasteiger partial charge in [-0.2, -0.15) is 0 Å². The molecule has 30 heavy (non-hydrogen) atoms. The van der Waals surface area contributed by atoms with Gasteiger partial charge in [-0.3, -0.25) is 9.59 Å². The number of nitrogens with one attached hydrogen (secondary N) is 2. The van der Waals surface area contributed by atoms with Crippen LogP contribution in [-0.2, 0) is 16.1 Å². The smallest absolute Gasteiger partial charge is 0.255 e. The first-order valence-corrected chi connectivity index (χ1v) is 9.80. The zero-order valence-corrected chi connectivity index (χ0v) is 17.6. The third kappa shape index (κ3) is 4.63. The van der Waals surface area contributed by atoms with Crippen LogP contribution in [0.5, 0.6) is 5.75 Å². The van der Waals surface area contributed by atoms with E-state index in [0.29, 0.717) is 28.9 Å². The fourth-order valence-corrected chi connectivity index (χ4v) is 3.28. The van der Waals surface area contributed by atoms with Gasteiger partial charge in [0.2, 0.25) is 5.91 Å². The van der Waals surface area contributed by atoms with Crippen molar-refractivity contribution in [3.05, 3.63) is 64.9 Å². The molecule has 0 fully saturated rings. The minimum absolute atomic E-state index is 0.0120. The molecule has 2 aromatic rings. The Morgan fingerprint density at radius 3 is 2.67 bits per heavy atom. The monoisotopic (exact) mass is 409 g/mol. The third-order valence-corrected chi connectivity index (χ3v) is 4.93. The molecule has 1 atom stereocenters. The van der Waals surface area contributed by atoms with Gasteiger partial charge in [-0.05, 0) is 30.2 Å². The number of rotatable bonds is 5. The van der Waals surface area contributed by atoms with Crippen LogP contribution < -0.4 is 10.6 Å². The summed E-state index contributed by atoms with van der Waals surface area (Å²) < 4.78 is 0. The van der Waals surface area contributed by atoms with Crippen molar-refractivity contribution in [2.45, 2.75) is 33.5 Å². The van der Waals surface area contributed by atoms with Crippen LogP contribution in [0.4, 0.5) is 5.69 Å². The Kier molecular flexibility index (Phi) is 6.12. The quantitative estimate of drug-likeness (QED) is 0.449. The Morgan fingerprint density at radius 1 is 1.27 bits per heavy atom. The molecule has 2 aromatic carbocycles. The number of fused-ring (bicyclic) bond motifs is 1. The van der Waals surface area contributed by atoms with Crippen molar-refractivity contribution >= 4 is 23.1 Å². The van der Waals surface area contributed by atoms with E-state index in [0.717, 1.165) is 11.1 Å². The summed E-state index contributed by atoms with van der Waals surface area (Å²) in [4.78, 5) is 26.1. The number of phenols is 1. The summed E-state index contributed by atoms with van der Waals surface area (Å²) in [7, 11) is 1.83. The number of nitrogens with zero attached hydrogens (tertiary/aromatic N) is 1. The van der Waals surface area contributed by atoms with Gasteiger partial charge in [0.25, 0.3) is 5.91 Å². The van der Waals surface area contributed by atoms with Crippen molar-refractivity contribution in [3.8, 4) is 5.75 Å². The number of benzene rings is 2. The average molecular weight is 409 g/mol. The highest BCUT2D eigenvalue weighted by Gasteiger charge is 2.27. The van der Waals surface area contributed by atoms with Crippen molar-refractivity contribution in [1.82, 2.24) is 10.2 Å². The van der Waals surface area contributed by atoms with Gasteiger partial charge in [-0.15, -0.1) is 0 Å². The van der Waals surface area contributed by atoms with Gasteiger partial charge in [-0.25, -0.2) is 0 Å². The molecule has 0 aromatic heterocycles. The number of amides is 2. The van der Waals surface area contributed by atoms with E-state index in [-0.39, 0.29) is 23.5 Å². The molecular weight excluding hydrogens is 382 g/mol. The number of anilines is 1. The molecule has 1 heterocycles. The van der Waals surface area contributed by atoms with E-state index in [1.165, 1.54) is 0 Å². The maximum absolute atomic E-state index is 12.5. The number of aromatic hydroxyl groups is 1. The predicted molar refractivity (Wildman–Crippen MR) is 115 cm³/mol. The number of carbonyl (C=O) groups is 2. The Labute approximate surface area is 176 Å². The van der Waals surface area contributed by atoms with Crippen LogP contribution >= 0.6 is 0 Å². The second kappa shape index (κ2) is 8.59. The summed E-state index contributed by atoms with van der Waals surface area (Å²) in [5.41, 5.74) is 3.99. The summed E-state index contributed by atoms with van der Waals surface area (Å²) in [6.45, 7) is 5.93. The van der Waals surface area contributed by atoms with Crippen LogP contribution in [0.2, 0.25) is 0 Å². The Morgan fingerprint density at radius 2 is 2.00 bits per heavy atom. The van der Waals surface area contributed by atoms with E-state index in [2.05, 4.69) is 10.6 Å². The van der Waals surface area contributed by atoms with Gasteiger partial charge in [0.15, 0.2) is 6.23 Å². The van der Waals surface area contributed by atoms with Crippen LogP contribution in [0.25, 0.3) is 5.57 Å². The van der Waals surface area contributed by atoms with Gasteiger partial charge in [0, 0.05) is 31.3 Å². The number of phenolic OH excluding ortho intramolecular Hbond substituents is 1. The highest BCUT2D eigenvalue weighted by Crippen LogP contribution is 2.31. The summed E-state index contributed by atoms with van der Waals surface area (Å²) in [5.74, 6) is -0.711. The normalized spacial score (nSPS) is 16.9. The number of hydrogen-bond donors (Lipinski definition) is 4. The van der Waals surface area contributed by atoms with Crippen LogP contribution in [0.15, 0.2) is 42.6 Å². The lowest BCUT2D eigenvalue weighted by atomic mass is 9.93. The zero-order valence-electron chi connectivity index (χ0n) is 17.6. The summed E-state index contributed by atoms with van der Waals surface area (Å²) in [6.07, 6.45) is 0.700. The molecule has 0 bridgehead atoms. The van der Waals surface area contributed by atoms with Gasteiger partial charge in [-0.1, -0.05) is 43.7 Å². The molecule has 7 heteroatoms. The molecule has 4 N–H and O–H groups in total. The minimum Gasteiger partial charge on any atom is -0.506 e. The van der Waals surface area contributed by atoms with E-state index in [4.69, 9.17) is 0 Å². The molecule has 1 unspecified atom stereocenters. The SMILES string of the molecule is Cc1ccc2c(c1)/C(=C/N(C)Cc1ccc(NC(=O)C(C)C)c(O)c1)C(=O)NC2O. The van der Waals surface area contributed by atoms with E-state index < -0.39 is 6.23 Å². The number of aliphatic hydroxyl groups is 1. The molecule has 158 valence electrons. The van der Waals surface area contributed by atoms with Crippen LogP contribution in [0, 0.1) is 12.8 Å². The molecule has 0 radical (unpaired) electrons. The predicted octanol–water partition coefficient (Wildman–Crippen LogP) is 2.89. The Hall–Kier alpha value is -3.32. The average Bonchev–Trinajstić information content (AvgIpc) is 2.66. The Balaban J connectivity index is 1.81. The standard InChI is InChI=1S/C23H27N3O4/c1-13(2)21(28)24-19-8-6-15(10-20(19)27)11-26(4)12-18-17-9-14(3)5-7-16(17)22(29)25-23(18)30/h5-10,12-13,22,27,29H,11H2,1-4H3,(H,24,28)(H,25,30)/b18-12-. The van der Waals surface area contributed by atoms with Crippen LogP contribution in [0.3, 0.4) is 0 Å². The van der Waals surface area contributed by atoms with E-state index in [1.54, 1.807) is 32.2 Å². The van der Waals surface area contributed by atoms with Crippen LogP contribution in [0.1, 0.15) is 42.3 Å². The lowest BCUT2D eigenvalue weighted by molar-refractivity contribution is -0.119. The zero-order chi connectivity index (χ0) is 22.0. The molecule has 0 spiro atoms. The summed E-state index contributed by atoms with van der Waals surface area (Å²) in [6, 6.07) is 10.7. The molecule has 0 aliphatic carbocycles.